The van der Waals surface area contributed by atoms with E-state index in [1.165, 1.54) is 0 Å². The van der Waals surface area contributed by atoms with Crippen LogP contribution in [0.2, 0.25) is 0 Å². The maximum atomic E-state index is 5.52. The first-order chi connectivity index (χ1) is 5.76. The summed E-state index contributed by atoms with van der Waals surface area (Å²) >= 11 is 0. The zero-order chi connectivity index (χ0) is 8.97. The molecule has 0 aliphatic carbocycles. The van der Waals surface area contributed by atoms with Crippen LogP contribution < -0.4 is 0 Å². The van der Waals surface area contributed by atoms with Crippen molar-refractivity contribution in [1.82, 2.24) is 0 Å². The summed E-state index contributed by atoms with van der Waals surface area (Å²) in [5, 5.41) is 0. The Morgan fingerprint density at radius 1 is 1.42 bits per heavy atom. The Bertz CT molecular complexity index is 190. The second-order valence-corrected chi connectivity index (χ2v) is 3.17. The fraction of sp³-hybridized carbons (Fsp3) is 0.800. The van der Waals surface area contributed by atoms with E-state index in [2.05, 4.69) is 18.8 Å². The molecular weight excluding hydrogens is 152 g/mol. The number of methoxy groups -OCH3 is 1. The summed E-state index contributed by atoms with van der Waals surface area (Å²) in [6.07, 6.45) is 2.15. The molecule has 0 amide bonds. The third-order valence-corrected chi connectivity index (χ3v) is 2.09. The quantitative estimate of drug-likeness (QED) is 0.556. The van der Waals surface area contributed by atoms with Crippen LogP contribution in [0.25, 0.3) is 0 Å². The Labute approximate surface area is 74.2 Å². The molecule has 1 aliphatic heterocycles. The van der Waals surface area contributed by atoms with Gasteiger partial charge in [-0.15, -0.1) is 5.92 Å². The highest BCUT2D eigenvalue weighted by molar-refractivity contribution is 5.02. The monoisotopic (exact) mass is 168 g/mol. The second-order valence-electron chi connectivity index (χ2n) is 3.17. The molecular formula is C10H16O2. The Balaban J connectivity index is 2.48. The molecule has 0 aromatic heterocycles. The molecule has 1 heterocycles. The second kappa shape index (κ2) is 4.49. The Hall–Kier alpha value is -0.520. The van der Waals surface area contributed by atoms with Crippen molar-refractivity contribution in [2.75, 3.05) is 7.11 Å². The molecule has 0 aromatic carbocycles. The van der Waals surface area contributed by atoms with Gasteiger partial charge in [-0.1, -0.05) is 5.92 Å². The molecule has 2 heteroatoms. The van der Waals surface area contributed by atoms with Gasteiger partial charge in [0.1, 0.15) is 0 Å². The van der Waals surface area contributed by atoms with Gasteiger partial charge in [-0.25, -0.2) is 0 Å². The molecule has 3 atom stereocenters. The van der Waals surface area contributed by atoms with Crippen molar-refractivity contribution in [3.8, 4) is 11.8 Å². The van der Waals surface area contributed by atoms with E-state index in [0.29, 0.717) is 5.92 Å². The van der Waals surface area contributed by atoms with Gasteiger partial charge in [0.25, 0.3) is 0 Å². The molecule has 0 bridgehead atoms. The van der Waals surface area contributed by atoms with E-state index in [-0.39, 0.29) is 12.4 Å². The van der Waals surface area contributed by atoms with Crippen molar-refractivity contribution in [3.63, 3.8) is 0 Å². The summed E-state index contributed by atoms with van der Waals surface area (Å²) in [5.41, 5.74) is 0. The third kappa shape index (κ3) is 2.51. The molecule has 1 saturated heterocycles. The van der Waals surface area contributed by atoms with Crippen LogP contribution in [0.4, 0.5) is 0 Å². The lowest BCUT2D eigenvalue weighted by Crippen LogP contribution is -2.31. The highest BCUT2D eigenvalue weighted by Crippen LogP contribution is 2.24. The maximum absolute atomic E-state index is 5.52. The number of hydrogen-bond acceptors (Lipinski definition) is 2. The molecule has 1 fully saturated rings. The van der Waals surface area contributed by atoms with Crippen LogP contribution in [0.3, 0.4) is 0 Å². The molecule has 68 valence electrons. The van der Waals surface area contributed by atoms with Crippen LogP contribution >= 0.6 is 0 Å². The first-order valence-corrected chi connectivity index (χ1v) is 4.36. The predicted molar refractivity (Wildman–Crippen MR) is 47.5 cm³/mol. The van der Waals surface area contributed by atoms with Crippen molar-refractivity contribution in [3.05, 3.63) is 0 Å². The lowest BCUT2D eigenvalue weighted by Gasteiger charge is -2.30. The zero-order valence-electron chi connectivity index (χ0n) is 7.96. The van der Waals surface area contributed by atoms with E-state index in [0.717, 1.165) is 12.8 Å². The van der Waals surface area contributed by atoms with Gasteiger partial charge in [-0.3, -0.25) is 0 Å². The van der Waals surface area contributed by atoms with Gasteiger partial charge < -0.3 is 9.47 Å². The minimum absolute atomic E-state index is 0.0559. The topological polar surface area (TPSA) is 18.5 Å². The van der Waals surface area contributed by atoms with Crippen LogP contribution in [-0.4, -0.2) is 19.5 Å². The van der Waals surface area contributed by atoms with Gasteiger partial charge in [0.15, 0.2) is 6.29 Å². The smallest absolute Gasteiger partial charge is 0.158 e. The molecule has 0 radical (unpaired) electrons. The Morgan fingerprint density at radius 3 is 2.75 bits per heavy atom. The van der Waals surface area contributed by atoms with Gasteiger partial charge in [0.05, 0.1) is 6.10 Å². The Morgan fingerprint density at radius 2 is 2.17 bits per heavy atom. The van der Waals surface area contributed by atoms with Gasteiger partial charge in [0, 0.05) is 19.4 Å². The van der Waals surface area contributed by atoms with Crippen LogP contribution in [-0.2, 0) is 9.47 Å². The lowest BCUT2D eigenvalue weighted by atomic mass is 9.96. The van der Waals surface area contributed by atoms with Crippen molar-refractivity contribution in [2.24, 2.45) is 5.92 Å². The highest BCUT2D eigenvalue weighted by atomic mass is 16.7. The van der Waals surface area contributed by atoms with Gasteiger partial charge in [-0.05, 0) is 20.3 Å². The molecule has 0 aromatic rings. The molecule has 0 N–H and O–H groups in total. The highest BCUT2D eigenvalue weighted by Gasteiger charge is 2.25. The van der Waals surface area contributed by atoms with Crippen LogP contribution in [0.5, 0.6) is 0 Å². The summed E-state index contributed by atoms with van der Waals surface area (Å²) in [4.78, 5) is 0. The normalized spacial score (nSPS) is 35.4. The fourth-order valence-corrected chi connectivity index (χ4v) is 1.57. The molecule has 12 heavy (non-hydrogen) atoms. The van der Waals surface area contributed by atoms with E-state index in [1.807, 2.05) is 6.92 Å². The van der Waals surface area contributed by atoms with E-state index in [4.69, 9.17) is 9.47 Å². The van der Waals surface area contributed by atoms with Crippen LogP contribution in [0.1, 0.15) is 26.7 Å². The molecule has 1 unspecified atom stereocenters. The molecule has 1 rings (SSSR count). The lowest BCUT2D eigenvalue weighted by molar-refractivity contribution is -0.182. The summed E-state index contributed by atoms with van der Waals surface area (Å²) in [6.45, 7) is 3.94. The summed E-state index contributed by atoms with van der Waals surface area (Å²) in [7, 11) is 1.68. The fourth-order valence-electron chi connectivity index (χ4n) is 1.57. The van der Waals surface area contributed by atoms with E-state index in [9.17, 15) is 0 Å². The number of rotatable bonds is 1. The van der Waals surface area contributed by atoms with Crippen LogP contribution in [0.15, 0.2) is 0 Å². The van der Waals surface area contributed by atoms with Crippen molar-refractivity contribution in [2.45, 2.75) is 39.1 Å². The summed E-state index contributed by atoms with van der Waals surface area (Å²) in [6, 6.07) is 0. The maximum Gasteiger partial charge on any atom is 0.158 e. The van der Waals surface area contributed by atoms with Crippen molar-refractivity contribution in [1.29, 1.82) is 0 Å². The summed E-state index contributed by atoms with van der Waals surface area (Å²) < 4.78 is 10.7. The molecule has 0 saturated carbocycles. The first-order valence-electron chi connectivity index (χ1n) is 4.36. The number of ether oxygens (including phenoxy) is 2. The largest absolute Gasteiger partial charge is 0.356 e. The predicted octanol–water partition coefficient (Wildman–Crippen LogP) is 1.80. The van der Waals surface area contributed by atoms with Crippen molar-refractivity contribution < 1.29 is 9.47 Å². The standard InChI is InChI=1S/C10H16O2/c1-4-5-9-6-8(2)12-10(7-9)11-3/h8-10H,6-7H2,1-3H3/t8-,9+,10?/m1/s1. The van der Waals surface area contributed by atoms with E-state index < -0.39 is 0 Å². The van der Waals surface area contributed by atoms with Crippen LogP contribution in [0, 0.1) is 17.8 Å². The minimum Gasteiger partial charge on any atom is -0.356 e. The van der Waals surface area contributed by atoms with Gasteiger partial charge in [0.2, 0.25) is 0 Å². The minimum atomic E-state index is -0.0559. The van der Waals surface area contributed by atoms with Crippen molar-refractivity contribution >= 4 is 0 Å². The first kappa shape index (κ1) is 9.57. The molecule has 2 nitrogen and oxygen atoms in total. The average molecular weight is 168 g/mol. The van der Waals surface area contributed by atoms with E-state index >= 15 is 0 Å². The average Bonchev–Trinajstić information content (AvgIpc) is 2.04. The Kier molecular flexibility index (Phi) is 3.58. The van der Waals surface area contributed by atoms with Gasteiger partial charge in [-0.2, -0.15) is 0 Å². The zero-order valence-corrected chi connectivity index (χ0v) is 7.96. The van der Waals surface area contributed by atoms with E-state index in [1.54, 1.807) is 7.11 Å². The third-order valence-electron chi connectivity index (χ3n) is 2.09. The number of hydrogen-bond donors (Lipinski definition) is 0. The SMILES string of the molecule is CC#C[C@@H]1CC(OC)O[C@H](C)C1. The molecule has 0 spiro atoms. The molecule has 1 aliphatic rings. The summed E-state index contributed by atoms with van der Waals surface area (Å²) in [5.74, 6) is 6.56. The van der Waals surface area contributed by atoms with Gasteiger partial charge >= 0.3 is 0 Å².